The van der Waals surface area contributed by atoms with E-state index >= 15 is 0 Å². The highest BCUT2D eigenvalue weighted by Gasteiger charge is 2.02. The minimum Gasteiger partial charge on any atom is -0.484 e. The van der Waals surface area contributed by atoms with Gasteiger partial charge in [-0.3, -0.25) is 4.79 Å². The summed E-state index contributed by atoms with van der Waals surface area (Å²) in [5.74, 6) is -0.325. The summed E-state index contributed by atoms with van der Waals surface area (Å²) in [6.07, 6.45) is 1.38. The molecule has 0 fully saturated rings. The van der Waals surface area contributed by atoms with E-state index in [4.69, 9.17) is 9.84 Å². The molecule has 0 aromatic heterocycles. The first-order valence-corrected chi connectivity index (χ1v) is 5.48. The molecule has 2 N–H and O–H groups in total. The maximum Gasteiger partial charge on any atom is 0.257 e. The van der Waals surface area contributed by atoms with E-state index in [1.165, 1.54) is 18.2 Å². The lowest BCUT2D eigenvalue weighted by molar-refractivity contribution is -0.123. The van der Waals surface area contributed by atoms with Crippen molar-refractivity contribution in [2.45, 2.75) is 12.8 Å². The molecule has 0 saturated heterocycles. The number of unbranched alkanes of at least 4 members (excludes halogenated alkanes) is 1. The second-order valence-corrected chi connectivity index (χ2v) is 3.53. The van der Waals surface area contributed by atoms with Gasteiger partial charge in [0.05, 0.1) is 0 Å². The lowest BCUT2D eigenvalue weighted by Crippen LogP contribution is -2.29. The highest BCUT2D eigenvalue weighted by molar-refractivity contribution is 5.77. The predicted molar refractivity (Wildman–Crippen MR) is 61.2 cm³/mol. The summed E-state index contributed by atoms with van der Waals surface area (Å²) in [7, 11) is 0. The monoisotopic (exact) mass is 241 g/mol. The number of hydrogen-bond acceptors (Lipinski definition) is 3. The number of carbonyl (C=O) groups is 1. The summed E-state index contributed by atoms with van der Waals surface area (Å²) in [6, 6.07) is 5.63. The third-order valence-corrected chi connectivity index (χ3v) is 2.07. The van der Waals surface area contributed by atoms with E-state index in [1.54, 1.807) is 6.07 Å². The number of rotatable bonds is 7. The normalized spacial score (nSPS) is 10.0. The van der Waals surface area contributed by atoms with Gasteiger partial charge in [-0.2, -0.15) is 0 Å². The van der Waals surface area contributed by atoms with Gasteiger partial charge in [-0.05, 0) is 25.0 Å². The molecule has 17 heavy (non-hydrogen) atoms. The molecule has 0 spiro atoms. The van der Waals surface area contributed by atoms with Gasteiger partial charge in [-0.25, -0.2) is 4.39 Å². The molecule has 0 aliphatic carbocycles. The molecule has 0 atom stereocenters. The maximum absolute atomic E-state index is 12.8. The van der Waals surface area contributed by atoms with E-state index < -0.39 is 5.82 Å². The van der Waals surface area contributed by atoms with Gasteiger partial charge in [0.2, 0.25) is 0 Å². The van der Waals surface area contributed by atoms with E-state index in [1.807, 2.05) is 0 Å². The van der Waals surface area contributed by atoms with Gasteiger partial charge in [0, 0.05) is 19.2 Å². The zero-order valence-electron chi connectivity index (χ0n) is 9.49. The Morgan fingerprint density at radius 2 is 2.24 bits per heavy atom. The molecular weight excluding hydrogens is 225 g/mol. The second-order valence-electron chi connectivity index (χ2n) is 3.53. The van der Waals surface area contributed by atoms with Crippen LogP contribution < -0.4 is 10.1 Å². The van der Waals surface area contributed by atoms with E-state index in [9.17, 15) is 9.18 Å². The smallest absolute Gasteiger partial charge is 0.257 e. The van der Waals surface area contributed by atoms with Crippen LogP contribution in [0.3, 0.4) is 0 Å². The Kier molecular flexibility index (Phi) is 6.03. The Bertz CT molecular complexity index is 357. The van der Waals surface area contributed by atoms with Crippen LogP contribution in [-0.4, -0.2) is 30.8 Å². The molecule has 0 aliphatic rings. The lowest BCUT2D eigenvalue weighted by atomic mass is 10.3. The minimum absolute atomic E-state index is 0.121. The maximum atomic E-state index is 12.8. The number of ether oxygens (including phenoxy) is 1. The Balaban J connectivity index is 2.19. The quantitative estimate of drug-likeness (QED) is 0.703. The molecule has 0 unspecified atom stereocenters. The van der Waals surface area contributed by atoms with Crippen LogP contribution in [0.25, 0.3) is 0 Å². The fraction of sp³-hybridized carbons (Fsp3) is 0.417. The highest BCUT2D eigenvalue weighted by Crippen LogP contribution is 2.11. The Labute approximate surface area is 99.4 Å². The van der Waals surface area contributed by atoms with E-state index in [0.29, 0.717) is 18.7 Å². The topological polar surface area (TPSA) is 58.6 Å². The first-order chi connectivity index (χ1) is 8.22. The van der Waals surface area contributed by atoms with Gasteiger partial charge < -0.3 is 15.2 Å². The predicted octanol–water partition coefficient (Wildman–Crippen LogP) is 1.09. The lowest BCUT2D eigenvalue weighted by Gasteiger charge is -2.07. The summed E-state index contributed by atoms with van der Waals surface area (Å²) in [5, 5.41) is 11.2. The average molecular weight is 241 g/mol. The largest absolute Gasteiger partial charge is 0.484 e. The van der Waals surface area contributed by atoms with Gasteiger partial charge in [-0.1, -0.05) is 6.07 Å². The molecule has 0 radical (unpaired) electrons. The number of benzene rings is 1. The first-order valence-electron chi connectivity index (χ1n) is 5.48. The van der Waals surface area contributed by atoms with Crippen LogP contribution in [0, 0.1) is 5.82 Å². The number of carbonyl (C=O) groups excluding carboxylic acids is 1. The summed E-state index contributed by atoms with van der Waals surface area (Å²) in [4.78, 5) is 11.3. The summed E-state index contributed by atoms with van der Waals surface area (Å²) in [5.41, 5.74) is 0. The Morgan fingerprint density at radius 3 is 2.94 bits per heavy atom. The van der Waals surface area contributed by atoms with Crippen molar-refractivity contribution in [2.75, 3.05) is 19.8 Å². The van der Waals surface area contributed by atoms with Crippen molar-refractivity contribution in [2.24, 2.45) is 0 Å². The molecule has 1 rings (SSSR count). The van der Waals surface area contributed by atoms with Crippen LogP contribution in [0.1, 0.15) is 12.8 Å². The number of hydrogen-bond donors (Lipinski definition) is 2. The van der Waals surface area contributed by atoms with Crippen LogP contribution in [0.5, 0.6) is 5.75 Å². The van der Waals surface area contributed by atoms with Gasteiger partial charge in [0.15, 0.2) is 6.61 Å². The highest BCUT2D eigenvalue weighted by atomic mass is 19.1. The van der Waals surface area contributed by atoms with Gasteiger partial charge >= 0.3 is 0 Å². The van der Waals surface area contributed by atoms with Crippen LogP contribution in [-0.2, 0) is 4.79 Å². The second kappa shape index (κ2) is 7.62. The first kappa shape index (κ1) is 13.4. The van der Waals surface area contributed by atoms with Crippen molar-refractivity contribution in [3.05, 3.63) is 30.1 Å². The van der Waals surface area contributed by atoms with Crippen molar-refractivity contribution >= 4 is 5.91 Å². The van der Waals surface area contributed by atoms with Gasteiger partial charge in [0.25, 0.3) is 5.91 Å². The van der Waals surface area contributed by atoms with Crippen LogP contribution in [0.2, 0.25) is 0 Å². The third kappa shape index (κ3) is 5.87. The standard InChI is InChI=1S/C12H16FNO3/c13-10-4-3-5-11(8-10)17-9-12(16)14-6-1-2-7-15/h3-5,8,15H,1-2,6-7,9H2,(H,14,16). The molecule has 4 nitrogen and oxygen atoms in total. The van der Waals surface area contributed by atoms with Gasteiger partial charge in [0.1, 0.15) is 11.6 Å². The number of aliphatic hydroxyl groups is 1. The van der Waals surface area contributed by atoms with Crippen molar-refractivity contribution in [1.29, 1.82) is 0 Å². The minimum atomic E-state index is -0.397. The Hall–Kier alpha value is -1.62. The number of amides is 1. The third-order valence-electron chi connectivity index (χ3n) is 2.07. The molecule has 1 aromatic carbocycles. The SMILES string of the molecule is O=C(COc1cccc(F)c1)NCCCCO. The number of aliphatic hydroxyl groups excluding tert-OH is 1. The molecule has 0 heterocycles. The van der Waals surface area contributed by atoms with E-state index in [-0.39, 0.29) is 19.1 Å². The molecule has 5 heteroatoms. The molecule has 1 amide bonds. The molecular formula is C12H16FNO3. The zero-order valence-corrected chi connectivity index (χ0v) is 9.49. The molecule has 94 valence electrons. The molecule has 0 aliphatic heterocycles. The van der Waals surface area contributed by atoms with Crippen LogP contribution >= 0.6 is 0 Å². The Morgan fingerprint density at radius 1 is 1.41 bits per heavy atom. The van der Waals surface area contributed by atoms with E-state index in [0.717, 1.165) is 6.42 Å². The number of halogens is 1. The van der Waals surface area contributed by atoms with Crippen molar-refractivity contribution in [1.82, 2.24) is 5.32 Å². The zero-order chi connectivity index (χ0) is 12.5. The van der Waals surface area contributed by atoms with Crippen LogP contribution in [0.15, 0.2) is 24.3 Å². The fourth-order valence-electron chi connectivity index (χ4n) is 1.22. The molecule has 0 bridgehead atoms. The summed E-state index contributed by atoms with van der Waals surface area (Å²) < 4.78 is 17.9. The van der Waals surface area contributed by atoms with Crippen molar-refractivity contribution < 1.29 is 19.0 Å². The fourth-order valence-corrected chi connectivity index (χ4v) is 1.22. The van der Waals surface area contributed by atoms with Gasteiger partial charge in [-0.15, -0.1) is 0 Å². The number of nitrogens with one attached hydrogen (secondary N) is 1. The summed E-state index contributed by atoms with van der Waals surface area (Å²) in [6.45, 7) is 0.490. The van der Waals surface area contributed by atoms with Crippen LogP contribution in [0.4, 0.5) is 4.39 Å². The molecule has 0 saturated carbocycles. The molecule has 1 aromatic rings. The summed E-state index contributed by atoms with van der Waals surface area (Å²) >= 11 is 0. The average Bonchev–Trinajstić information content (AvgIpc) is 2.32. The van der Waals surface area contributed by atoms with Crippen molar-refractivity contribution in [3.8, 4) is 5.75 Å². The van der Waals surface area contributed by atoms with Crippen molar-refractivity contribution in [3.63, 3.8) is 0 Å². The van der Waals surface area contributed by atoms with E-state index in [2.05, 4.69) is 5.32 Å².